The Morgan fingerprint density at radius 2 is 2.19 bits per heavy atom. The van der Waals surface area contributed by atoms with Crippen LogP contribution < -0.4 is 0 Å². The highest BCUT2D eigenvalue weighted by molar-refractivity contribution is 7.99. The number of methoxy groups -OCH3 is 1. The molecule has 1 aliphatic carbocycles. The molecule has 21 heavy (non-hydrogen) atoms. The quantitative estimate of drug-likeness (QED) is 0.644. The number of rotatable bonds is 6. The number of halogens is 1. The van der Waals surface area contributed by atoms with Crippen LogP contribution in [0.3, 0.4) is 0 Å². The molecule has 1 aliphatic rings. The van der Waals surface area contributed by atoms with Crippen LogP contribution in [0, 0.1) is 18.2 Å². The monoisotopic (exact) mass is 312 g/mol. The molecule has 2 rings (SSSR count). The summed E-state index contributed by atoms with van der Waals surface area (Å²) in [4.78, 5) is 12.3. The number of thioether (sulfide) groups is 1. The number of carbonyl (C=O) groups is 1. The standard InChI is InChI=1S/C16H21FO3S/c1-10-6-14(12(11(2)18)7-13(10)17)21-9-16(4-5-16)8-15(19)20-3/h6-7,11,18H,4-5,8-9H2,1-3H3. The molecule has 3 nitrogen and oxygen atoms in total. The highest BCUT2D eigenvalue weighted by Gasteiger charge is 2.44. The SMILES string of the molecule is COC(=O)CC1(CSc2cc(C)c(F)cc2C(C)O)CC1. The molecule has 116 valence electrons. The number of carbonyl (C=O) groups excluding carboxylic acids is 1. The molecule has 1 aromatic rings. The van der Waals surface area contributed by atoms with E-state index in [0.717, 1.165) is 23.5 Å². The van der Waals surface area contributed by atoms with E-state index >= 15 is 0 Å². The molecule has 0 amide bonds. The summed E-state index contributed by atoms with van der Waals surface area (Å²) in [5.41, 5.74) is 1.19. The Labute approximate surface area is 128 Å². The number of esters is 1. The van der Waals surface area contributed by atoms with Gasteiger partial charge in [-0.15, -0.1) is 11.8 Å². The molecule has 1 aromatic carbocycles. The van der Waals surface area contributed by atoms with Gasteiger partial charge >= 0.3 is 5.97 Å². The second kappa shape index (κ2) is 6.36. The zero-order valence-corrected chi connectivity index (χ0v) is 13.4. The normalized spacial score (nSPS) is 17.4. The van der Waals surface area contributed by atoms with Gasteiger partial charge in [0.1, 0.15) is 5.82 Å². The van der Waals surface area contributed by atoms with Gasteiger partial charge in [-0.1, -0.05) is 0 Å². The molecule has 1 N–H and O–H groups in total. The smallest absolute Gasteiger partial charge is 0.306 e. The van der Waals surface area contributed by atoms with Crippen LogP contribution in [0.25, 0.3) is 0 Å². The minimum Gasteiger partial charge on any atom is -0.469 e. The summed E-state index contributed by atoms with van der Waals surface area (Å²) >= 11 is 1.59. The van der Waals surface area contributed by atoms with E-state index in [-0.39, 0.29) is 17.2 Å². The third-order valence-electron chi connectivity index (χ3n) is 3.98. The fourth-order valence-corrected chi connectivity index (χ4v) is 3.79. The Kier molecular flexibility index (Phi) is 4.94. The van der Waals surface area contributed by atoms with E-state index < -0.39 is 6.10 Å². The fraction of sp³-hybridized carbons (Fsp3) is 0.562. The van der Waals surface area contributed by atoms with Crippen molar-refractivity contribution in [2.24, 2.45) is 5.41 Å². The Morgan fingerprint density at radius 1 is 1.52 bits per heavy atom. The zero-order valence-electron chi connectivity index (χ0n) is 12.6. The second-order valence-corrected chi connectivity index (χ2v) is 6.87. The first-order chi connectivity index (χ1) is 9.87. The third-order valence-corrected chi connectivity index (χ3v) is 5.40. The van der Waals surface area contributed by atoms with Crippen LogP contribution in [0.5, 0.6) is 0 Å². The fourth-order valence-electron chi connectivity index (χ4n) is 2.28. The van der Waals surface area contributed by atoms with Crippen molar-refractivity contribution >= 4 is 17.7 Å². The van der Waals surface area contributed by atoms with E-state index in [9.17, 15) is 14.3 Å². The molecule has 1 unspecified atom stereocenters. The number of ether oxygens (including phenoxy) is 1. The van der Waals surface area contributed by atoms with E-state index in [4.69, 9.17) is 4.74 Å². The molecule has 1 saturated carbocycles. The lowest BCUT2D eigenvalue weighted by atomic mass is 10.1. The lowest BCUT2D eigenvalue weighted by Crippen LogP contribution is -2.13. The van der Waals surface area contributed by atoms with Crippen molar-refractivity contribution in [2.45, 2.75) is 44.1 Å². The van der Waals surface area contributed by atoms with Gasteiger partial charge in [0.2, 0.25) is 0 Å². The van der Waals surface area contributed by atoms with Crippen molar-refractivity contribution in [3.8, 4) is 0 Å². The van der Waals surface area contributed by atoms with E-state index in [1.54, 1.807) is 31.7 Å². The Balaban J connectivity index is 2.09. The van der Waals surface area contributed by atoms with Gasteiger partial charge in [0, 0.05) is 10.6 Å². The molecule has 0 saturated heterocycles. The summed E-state index contributed by atoms with van der Waals surface area (Å²) in [5, 5.41) is 9.79. The highest BCUT2D eigenvalue weighted by Crippen LogP contribution is 2.52. The summed E-state index contributed by atoms with van der Waals surface area (Å²) in [7, 11) is 1.40. The maximum Gasteiger partial charge on any atom is 0.306 e. The molecule has 0 aromatic heterocycles. The Hall–Kier alpha value is -1.07. The molecule has 0 bridgehead atoms. The first kappa shape index (κ1) is 16.3. The molecule has 0 radical (unpaired) electrons. The van der Waals surface area contributed by atoms with Crippen LogP contribution in [0.1, 0.15) is 43.4 Å². The van der Waals surface area contributed by atoms with E-state index in [2.05, 4.69) is 0 Å². The first-order valence-corrected chi connectivity index (χ1v) is 8.03. The van der Waals surface area contributed by atoms with Crippen molar-refractivity contribution in [1.29, 1.82) is 0 Å². The van der Waals surface area contributed by atoms with Crippen molar-refractivity contribution in [1.82, 2.24) is 0 Å². The minimum atomic E-state index is -0.710. The van der Waals surface area contributed by atoms with Gasteiger partial charge in [-0.05, 0) is 55.4 Å². The topological polar surface area (TPSA) is 46.5 Å². The van der Waals surface area contributed by atoms with Crippen LogP contribution in [0.15, 0.2) is 17.0 Å². The van der Waals surface area contributed by atoms with Gasteiger partial charge in [-0.25, -0.2) is 4.39 Å². The Bertz CT molecular complexity index is 539. The number of aliphatic hydroxyl groups excluding tert-OH is 1. The Morgan fingerprint density at radius 3 is 2.71 bits per heavy atom. The van der Waals surface area contributed by atoms with Crippen LogP contribution >= 0.6 is 11.8 Å². The van der Waals surface area contributed by atoms with Gasteiger partial charge < -0.3 is 9.84 Å². The van der Waals surface area contributed by atoms with Gasteiger partial charge in [0.15, 0.2) is 0 Å². The van der Waals surface area contributed by atoms with Crippen LogP contribution in [0.4, 0.5) is 4.39 Å². The number of benzene rings is 1. The molecule has 5 heteroatoms. The zero-order chi connectivity index (χ0) is 15.6. The summed E-state index contributed by atoms with van der Waals surface area (Å²) in [6, 6.07) is 3.18. The highest BCUT2D eigenvalue weighted by atomic mass is 32.2. The van der Waals surface area contributed by atoms with E-state index in [0.29, 0.717) is 17.5 Å². The average molecular weight is 312 g/mol. The van der Waals surface area contributed by atoms with Crippen molar-refractivity contribution < 1.29 is 19.0 Å². The predicted octanol–water partition coefficient (Wildman–Crippen LogP) is 3.62. The van der Waals surface area contributed by atoms with Crippen molar-refractivity contribution in [3.05, 3.63) is 29.1 Å². The molecule has 1 fully saturated rings. The molecular formula is C16H21FO3S. The van der Waals surface area contributed by atoms with Gasteiger partial charge in [-0.2, -0.15) is 0 Å². The van der Waals surface area contributed by atoms with Crippen molar-refractivity contribution in [2.75, 3.05) is 12.9 Å². The minimum absolute atomic E-state index is 0.00994. The van der Waals surface area contributed by atoms with Crippen LogP contribution in [0.2, 0.25) is 0 Å². The van der Waals surface area contributed by atoms with E-state index in [1.807, 2.05) is 0 Å². The second-order valence-electron chi connectivity index (χ2n) is 5.86. The lowest BCUT2D eigenvalue weighted by Gasteiger charge is -2.17. The lowest BCUT2D eigenvalue weighted by molar-refractivity contribution is -0.141. The maximum absolute atomic E-state index is 13.6. The molecule has 0 spiro atoms. The average Bonchev–Trinajstić information content (AvgIpc) is 3.19. The molecule has 0 heterocycles. The van der Waals surface area contributed by atoms with Gasteiger partial charge in [0.05, 0.1) is 19.6 Å². The number of aliphatic hydroxyl groups is 1. The number of hydrogen-bond donors (Lipinski definition) is 1. The maximum atomic E-state index is 13.6. The predicted molar refractivity (Wildman–Crippen MR) is 80.8 cm³/mol. The van der Waals surface area contributed by atoms with Crippen LogP contribution in [-0.4, -0.2) is 23.9 Å². The molecule has 1 atom stereocenters. The summed E-state index contributed by atoms with van der Waals surface area (Å²) in [5.74, 6) is 0.303. The third kappa shape index (κ3) is 3.98. The molecule has 0 aliphatic heterocycles. The largest absolute Gasteiger partial charge is 0.469 e. The van der Waals surface area contributed by atoms with E-state index in [1.165, 1.54) is 13.2 Å². The first-order valence-electron chi connectivity index (χ1n) is 7.04. The summed E-state index contributed by atoms with van der Waals surface area (Å²) < 4.78 is 18.4. The van der Waals surface area contributed by atoms with Crippen molar-refractivity contribution in [3.63, 3.8) is 0 Å². The summed E-state index contributed by atoms with van der Waals surface area (Å²) in [6.07, 6.45) is 1.75. The summed E-state index contributed by atoms with van der Waals surface area (Å²) in [6.45, 7) is 3.35. The van der Waals surface area contributed by atoms with Gasteiger partial charge in [-0.3, -0.25) is 4.79 Å². The van der Waals surface area contributed by atoms with Crippen LogP contribution in [-0.2, 0) is 9.53 Å². The number of hydrogen-bond acceptors (Lipinski definition) is 4. The number of aryl methyl sites for hydroxylation is 1. The molecular weight excluding hydrogens is 291 g/mol. The van der Waals surface area contributed by atoms with Gasteiger partial charge in [0.25, 0.3) is 0 Å².